The Kier molecular flexibility index (Phi) is 8.48. The Balaban J connectivity index is 1.27. The fraction of sp³-hybridized carbons (Fsp3) is 0.310. The van der Waals surface area contributed by atoms with E-state index in [1.165, 1.54) is 11.8 Å². The van der Waals surface area contributed by atoms with Crippen LogP contribution >= 0.6 is 11.8 Å². The number of piperazine rings is 1. The van der Waals surface area contributed by atoms with Crippen LogP contribution in [0.5, 0.6) is 17.2 Å². The molecular weight excluding hydrogens is 546 g/mol. The average Bonchev–Trinajstić information content (AvgIpc) is 3.69. The first-order valence-electron chi connectivity index (χ1n) is 13.0. The molecule has 0 aliphatic carbocycles. The second-order valence-electron chi connectivity index (χ2n) is 9.39. The third-order valence-corrected chi connectivity index (χ3v) is 7.78. The van der Waals surface area contributed by atoms with Gasteiger partial charge in [-0.05, 0) is 55.5 Å². The Morgan fingerprint density at radius 2 is 1.66 bits per heavy atom. The van der Waals surface area contributed by atoms with Crippen LogP contribution in [-0.4, -0.2) is 89.1 Å². The van der Waals surface area contributed by atoms with Crippen molar-refractivity contribution in [3.8, 4) is 34.5 Å². The van der Waals surface area contributed by atoms with Gasteiger partial charge in [-0.2, -0.15) is 0 Å². The second kappa shape index (κ2) is 12.4. The molecule has 0 radical (unpaired) electrons. The second-order valence-corrected chi connectivity index (χ2v) is 10.3. The molecular formula is C29H31N5O6S. The van der Waals surface area contributed by atoms with Gasteiger partial charge in [-0.3, -0.25) is 14.2 Å². The van der Waals surface area contributed by atoms with E-state index in [0.29, 0.717) is 53.4 Å². The van der Waals surface area contributed by atoms with E-state index >= 15 is 0 Å². The maximum absolute atomic E-state index is 13.3. The monoisotopic (exact) mass is 577 g/mol. The lowest BCUT2D eigenvalue weighted by Crippen LogP contribution is -2.55. The summed E-state index contributed by atoms with van der Waals surface area (Å²) in [6.07, 6.45) is 1.58. The maximum Gasteiger partial charge on any atom is 0.254 e. The summed E-state index contributed by atoms with van der Waals surface area (Å²) < 4.78 is 23.4. The van der Waals surface area contributed by atoms with Crippen LogP contribution in [0.2, 0.25) is 0 Å². The van der Waals surface area contributed by atoms with E-state index < -0.39 is 0 Å². The molecule has 1 aliphatic rings. The Morgan fingerprint density at radius 1 is 0.951 bits per heavy atom. The van der Waals surface area contributed by atoms with Crippen LogP contribution in [0.4, 0.5) is 0 Å². The molecule has 1 aliphatic heterocycles. The molecule has 5 rings (SSSR count). The van der Waals surface area contributed by atoms with Crippen LogP contribution in [0.25, 0.3) is 17.3 Å². The molecule has 0 spiro atoms. The summed E-state index contributed by atoms with van der Waals surface area (Å²) in [5.41, 5.74) is 1.29. The lowest BCUT2D eigenvalue weighted by atomic mass is 10.1. The number of nitrogens with zero attached hydrogens (tertiary/aromatic N) is 5. The van der Waals surface area contributed by atoms with Crippen molar-refractivity contribution in [2.45, 2.75) is 18.1 Å². The predicted molar refractivity (Wildman–Crippen MR) is 153 cm³/mol. The summed E-state index contributed by atoms with van der Waals surface area (Å²) in [6.45, 7) is 3.22. The van der Waals surface area contributed by atoms with E-state index in [-0.39, 0.29) is 23.6 Å². The smallest absolute Gasteiger partial charge is 0.254 e. The normalized spacial score (nSPS) is 15.1. The Hall–Kier alpha value is -4.45. The lowest BCUT2D eigenvalue weighted by molar-refractivity contribution is -0.130. The molecule has 1 saturated heterocycles. The maximum atomic E-state index is 13.3. The summed E-state index contributed by atoms with van der Waals surface area (Å²) >= 11 is 1.30. The number of hydrogen-bond donors (Lipinski definition) is 0. The van der Waals surface area contributed by atoms with Crippen molar-refractivity contribution in [3.63, 3.8) is 0 Å². The number of hydrogen-bond acceptors (Lipinski definition) is 9. The van der Waals surface area contributed by atoms with Gasteiger partial charge in [0.25, 0.3) is 5.91 Å². The molecule has 11 nitrogen and oxygen atoms in total. The molecule has 0 N–H and O–H groups in total. The zero-order chi connectivity index (χ0) is 28.9. The summed E-state index contributed by atoms with van der Waals surface area (Å²) in [5, 5.41) is 9.26. The standard InChI is InChI=1S/C29H31N5O6S/c1-19-17-32(11-12-33(19)28(36)20-14-23(38-3)16-24(15-20)39-4)26(35)18-41-29-31-30-27(25-6-5-13-40-25)34(29)21-7-9-22(37-2)10-8-21/h5-10,13-16,19H,11-12,17-18H2,1-4H3. The van der Waals surface area contributed by atoms with Crippen LogP contribution in [-0.2, 0) is 4.79 Å². The first kappa shape index (κ1) is 28.1. The van der Waals surface area contributed by atoms with Crippen LogP contribution in [0.1, 0.15) is 17.3 Å². The van der Waals surface area contributed by atoms with Gasteiger partial charge in [0.15, 0.2) is 10.9 Å². The molecule has 4 aromatic rings. The number of rotatable bonds is 9. The molecule has 1 atom stereocenters. The van der Waals surface area contributed by atoms with E-state index in [1.807, 2.05) is 41.8 Å². The number of carbonyl (C=O) groups excluding carboxylic acids is 2. The highest BCUT2D eigenvalue weighted by atomic mass is 32.2. The molecule has 214 valence electrons. The van der Waals surface area contributed by atoms with Crippen molar-refractivity contribution in [1.29, 1.82) is 0 Å². The van der Waals surface area contributed by atoms with Crippen molar-refractivity contribution >= 4 is 23.6 Å². The van der Waals surface area contributed by atoms with E-state index in [0.717, 1.165) is 11.4 Å². The number of aromatic nitrogens is 3. The van der Waals surface area contributed by atoms with E-state index in [1.54, 1.807) is 61.7 Å². The molecule has 3 heterocycles. The van der Waals surface area contributed by atoms with E-state index in [2.05, 4.69) is 10.2 Å². The molecule has 2 amide bonds. The Morgan fingerprint density at radius 3 is 2.27 bits per heavy atom. The zero-order valence-electron chi connectivity index (χ0n) is 23.3. The number of thioether (sulfide) groups is 1. The minimum Gasteiger partial charge on any atom is -0.497 e. The van der Waals surface area contributed by atoms with Gasteiger partial charge in [0.2, 0.25) is 11.7 Å². The number of methoxy groups -OCH3 is 3. The Bertz CT molecular complexity index is 1480. The number of furan rings is 1. The minimum absolute atomic E-state index is 0.0409. The van der Waals surface area contributed by atoms with Gasteiger partial charge in [0, 0.05) is 37.3 Å². The minimum atomic E-state index is -0.170. The van der Waals surface area contributed by atoms with Crippen LogP contribution in [0.3, 0.4) is 0 Å². The van der Waals surface area contributed by atoms with Crippen molar-refractivity contribution in [3.05, 3.63) is 66.4 Å². The quantitative estimate of drug-likeness (QED) is 0.272. The molecule has 2 aromatic heterocycles. The molecule has 2 aromatic carbocycles. The van der Waals surface area contributed by atoms with Crippen LogP contribution in [0.15, 0.2) is 70.4 Å². The number of amides is 2. The van der Waals surface area contributed by atoms with Gasteiger partial charge < -0.3 is 28.4 Å². The fourth-order valence-corrected chi connectivity index (χ4v) is 5.55. The van der Waals surface area contributed by atoms with Crippen molar-refractivity contribution < 1.29 is 28.2 Å². The van der Waals surface area contributed by atoms with Crippen molar-refractivity contribution in [1.82, 2.24) is 24.6 Å². The van der Waals surface area contributed by atoms with Gasteiger partial charge in [-0.1, -0.05) is 11.8 Å². The van der Waals surface area contributed by atoms with Crippen LogP contribution in [0, 0.1) is 0 Å². The lowest BCUT2D eigenvalue weighted by Gasteiger charge is -2.40. The average molecular weight is 578 g/mol. The highest BCUT2D eigenvalue weighted by molar-refractivity contribution is 7.99. The molecule has 0 bridgehead atoms. The van der Waals surface area contributed by atoms with Crippen molar-refractivity contribution in [2.24, 2.45) is 0 Å². The summed E-state index contributed by atoms with van der Waals surface area (Å²) in [6, 6.07) is 16.0. The topological polar surface area (TPSA) is 112 Å². The Labute approximate surface area is 242 Å². The number of benzene rings is 2. The number of carbonyl (C=O) groups is 2. The third kappa shape index (κ3) is 6.02. The van der Waals surface area contributed by atoms with Gasteiger partial charge >= 0.3 is 0 Å². The van der Waals surface area contributed by atoms with E-state index in [9.17, 15) is 9.59 Å². The summed E-state index contributed by atoms with van der Waals surface area (Å²) in [5.74, 6) is 2.91. The van der Waals surface area contributed by atoms with Crippen molar-refractivity contribution in [2.75, 3.05) is 46.7 Å². The third-order valence-electron chi connectivity index (χ3n) is 6.87. The van der Waals surface area contributed by atoms with Crippen LogP contribution < -0.4 is 14.2 Å². The van der Waals surface area contributed by atoms with Gasteiger partial charge in [-0.15, -0.1) is 10.2 Å². The molecule has 12 heteroatoms. The van der Waals surface area contributed by atoms with Gasteiger partial charge in [0.1, 0.15) is 17.2 Å². The van der Waals surface area contributed by atoms with Gasteiger partial charge in [-0.25, -0.2) is 0 Å². The van der Waals surface area contributed by atoms with E-state index in [4.69, 9.17) is 18.6 Å². The zero-order valence-corrected chi connectivity index (χ0v) is 24.1. The summed E-state index contributed by atoms with van der Waals surface area (Å²) in [7, 11) is 4.71. The first-order chi connectivity index (χ1) is 19.9. The first-order valence-corrected chi connectivity index (χ1v) is 14.0. The largest absolute Gasteiger partial charge is 0.497 e. The SMILES string of the molecule is COc1ccc(-n2c(SCC(=O)N3CCN(C(=O)c4cc(OC)cc(OC)c4)C(C)C3)nnc2-c2ccco2)cc1. The molecule has 1 fully saturated rings. The summed E-state index contributed by atoms with van der Waals surface area (Å²) in [4.78, 5) is 30.2. The number of ether oxygens (including phenoxy) is 3. The molecule has 1 unspecified atom stereocenters. The fourth-order valence-electron chi connectivity index (χ4n) is 4.69. The highest BCUT2D eigenvalue weighted by Crippen LogP contribution is 2.30. The predicted octanol–water partition coefficient (Wildman–Crippen LogP) is 4.02. The molecule has 41 heavy (non-hydrogen) atoms. The molecule has 0 saturated carbocycles. The highest BCUT2D eigenvalue weighted by Gasteiger charge is 2.31. The van der Waals surface area contributed by atoms with Gasteiger partial charge in [0.05, 0.1) is 39.0 Å².